The fourth-order valence-corrected chi connectivity index (χ4v) is 2.59. The lowest BCUT2D eigenvalue weighted by atomic mass is 9.96. The van der Waals surface area contributed by atoms with Crippen LogP contribution in [0, 0.1) is 5.92 Å². The van der Waals surface area contributed by atoms with Crippen molar-refractivity contribution >= 4 is 11.6 Å². The van der Waals surface area contributed by atoms with Gasteiger partial charge in [-0.15, -0.1) is 0 Å². The Morgan fingerprint density at radius 1 is 1.17 bits per heavy atom. The molecule has 1 saturated carbocycles. The number of anilines is 1. The Kier molecular flexibility index (Phi) is 4.24. The molecule has 1 amide bonds. The van der Waals surface area contributed by atoms with E-state index in [0.29, 0.717) is 23.2 Å². The van der Waals surface area contributed by atoms with Crippen molar-refractivity contribution in [3.05, 3.63) is 29.8 Å². The zero-order chi connectivity index (χ0) is 13.0. The van der Waals surface area contributed by atoms with Crippen molar-refractivity contribution < 1.29 is 4.79 Å². The van der Waals surface area contributed by atoms with Crippen LogP contribution < -0.4 is 11.1 Å². The lowest BCUT2D eigenvalue weighted by Crippen LogP contribution is -2.38. The third-order valence-electron chi connectivity index (χ3n) is 3.85. The minimum absolute atomic E-state index is 0.0220. The maximum atomic E-state index is 12.1. The van der Waals surface area contributed by atoms with Crippen LogP contribution in [-0.2, 0) is 0 Å². The summed E-state index contributed by atoms with van der Waals surface area (Å²) in [7, 11) is 0. The Morgan fingerprint density at radius 3 is 2.56 bits per heavy atom. The lowest BCUT2D eigenvalue weighted by Gasteiger charge is -2.22. The Balaban J connectivity index is 1.99. The monoisotopic (exact) mass is 246 g/mol. The van der Waals surface area contributed by atoms with Crippen LogP contribution in [0.1, 0.15) is 49.4 Å². The van der Waals surface area contributed by atoms with E-state index in [-0.39, 0.29) is 5.91 Å². The molecular weight excluding hydrogens is 224 g/mol. The number of carbonyl (C=O) groups excluding carboxylic acids is 1. The van der Waals surface area contributed by atoms with Crippen molar-refractivity contribution in [1.29, 1.82) is 0 Å². The molecule has 18 heavy (non-hydrogen) atoms. The fourth-order valence-electron chi connectivity index (χ4n) is 2.59. The summed E-state index contributed by atoms with van der Waals surface area (Å²) in [5.74, 6) is 0.596. The van der Waals surface area contributed by atoms with Crippen LogP contribution in [0.5, 0.6) is 0 Å². The highest BCUT2D eigenvalue weighted by Gasteiger charge is 2.21. The van der Waals surface area contributed by atoms with Crippen LogP contribution in [0.4, 0.5) is 5.69 Å². The molecule has 98 valence electrons. The van der Waals surface area contributed by atoms with E-state index in [9.17, 15) is 4.79 Å². The summed E-state index contributed by atoms with van der Waals surface area (Å²) in [5.41, 5.74) is 7.01. The van der Waals surface area contributed by atoms with Gasteiger partial charge in [-0.25, -0.2) is 0 Å². The summed E-state index contributed by atoms with van der Waals surface area (Å²) in [4.78, 5) is 12.1. The number of hydrogen-bond acceptors (Lipinski definition) is 2. The average molecular weight is 246 g/mol. The second kappa shape index (κ2) is 5.89. The molecule has 3 N–H and O–H groups in total. The zero-order valence-corrected chi connectivity index (χ0v) is 11.0. The van der Waals surface area contributed by atoms with Crippen molar-refractivity contribution in [3.8, 4) is 0 Å². The van der Waals surface area contributed by atoms with Gasteiger partial charge in [0.05, 0.1) is 0 Å². The standard InChI is InChI=1S/C15H22N2O/c1-11-5-3-2-4-6-14(11)17-15(18)12-7-9-13(16)10-8-12/h7-11,14H,2-6,16H2,1H3,(H,17,18). The van der Waals surface area contributed by atoms with Gasteiger partial charge in [-0.1, -0.05) is 26.2 Å². The number of hydrogen-bond donors (Lipinski definition) is 2. The molecule has 0 saturated heterocycles. The second-order valence-electron chi connectivity index (χ2n) is 5.32. The number of nitrogen functional groups attached to an aromatic ring is 1. The SMILES string of the molecule is CC1CCCCCC1NC(=O)c1ccc(N)cc1. The maximum absolute atomic E-state index is 12.1. The zero-order valence-electron chi connectivity index (χ0n) is 11.0. The first-order valence-electron chi connectivity index (χ1n) is 6.83. The average Bonchev–Trinajstić information content (AvgIpc) is 2.56. The molecule has 3 nitrogen and oxygen atoms in total. The Hall–Kier alpha value is -1.51. The highest BCUT2D eigenvalue weighted by atomic mass is 16.1. The third-order valence-corrected chi connectivity index (χ3v) is 3.85. The number of nitrogens with two attached hydrogens (primary N) is 1. The van der Waals surface area contributed by atoms with Gasteiger partial charge >= 0.3 is 0 Å². The molecule has 3 heteroatoms. The summed E-state index contributed by atoms with van der Waals surface area (Å²) < 4.78 is 0. The molecule has 1 aliphatic rings. The van der Waals surface area contributed by atoms with Gasteiger partial charge in [-0.05, 0) is 43.0 Å². The first-order valence-corrected chi connectivity index (χ1v) is 6.83. The maximum Gasteiger partial charge on any atom is 0.251 e. The van der Waals surface area contributed by atoms with Crippen molar-refractivity contribution in [1.82, 2.24) is 5.32 Å². The summed E-state index contributed by atoms with van der Waals surface area (Å²) in [5, 5.41) is 3.16. The predicted molar refractivity (Wildman–Crippen MR) is 74.4 cm³/mol. The smallest absolute Gasteiger partial charge is 0.251 e. The molecule has 2 atom stereocenters. The number of nitrogens with one attached hydrogen (secondary N) is 1. The first kappa shape index (κ1) is 12.9. The van der Waals surface area contributed by atoms with Crippen molar-refractivity contribution in [2.45, 2.75) is 45.1 Å². The molecular formula is C15H22N2O. The highest BCUT2D eigenvalue weighted by molar-refractivity contribution is 5.94. The van der Waals surface area contributed by atoms with E-state index in [1.807, 2.05) is 0 Å². The van der Waals surface area contributed by atoms with E-state index in [0.717, 1.165) is 6.42 Å². The molecule has 2 unspecified atom stereocenters. The predicted octanol–water partition coefficient (Wildman–Crippen LogP) is 2.97. The Labute approximate surface area is 109 Å². The normalized spacial score (nSPS) is 24.3. The molecule has 1 aromatic carbocycles. The highest BCUT2D eigenvalue weighted by Crippen LogP contribution is 2.23. The van der Waals surface area contributed by atoms with Gasteiger partial charge in [0.25, 0.3) is 5.91 Å². The molecule has 0 aromatic heterocycles. The molecule has 0 aliphatic heterocycles. The van der Waals surface area contributed by atoms with E-state index >= 15 is 0 Å². The van der Waals surface area contributed by atoms with E-state index in [4.69, 9.17) is 5.73 Å². The molecule has 2 rings (SSSR count). The second-order valence-corrected chi connectivity index (χ2v) is 5.32. The van der Waals surface area contributed by atoms with Crippen LogP contribution in [0.25, 0.3) is 0 Å². The molecule has 0 spiro atoms. The summed E-state index contributed by atoms with van der Waals surface area (Å²) >= 11 is 0. The summed E-state index contributed by atoms with van der Waals surface area (Å²) in [6.45, 7) is 2.24. The topological polar surface area (TPSA) is 55.1 Å². The molecule has 0 radical (unpaired) electrons. The fraction of sp³-hybridized carbons (Fsp3) is 0.533. The van der Waals surface area contributed by atoms with Crippen LogP contribution >= 0.6 is 0 Å². The first-order chi connectivity index (χ1) is 8.66. The Morgan fingerprint density at radius 2 is 1.83 bits per heavy atom. The van der Waals surface area contributed by atoms with E-state index in [1.165, 1.54) is 25.7 Å². The van der Waals surface area contributed by atoms with Gasteiger partial charge in [0.1, 0.15) is 0 Å². The van der Waals surface area contributed by atoms with Gasteiger partial charge in [0.15, 0.2) is 0 Å². The van der Waals surface area contributed by atoms with Crippen molar-refractivity contribution in [2.75, 3.05) is 5.73 Å². The van der Waals surface area contributed by atoms with E-state index < -0.39 is 0 Å². The summed E-state index contributed by atoms with van der Waals surface area (Å²) in [6, 6.07) is 7.42. The quantitative estimate of drug-likeness (QED) is 0.622. The van der Waals surface area contributed by atoms with Gasteiger partial charge in [0, 0.05) is 17.3 Å². The Bertz CT molecular complexity index is 399. The number of amides is 1. The van der Waals surface area contributed by atoms with Gasteiger partial charge in [0.2, 0.25) is 0 Å². The van der Waals surface area contributed by atoms with Crippen LogP contribution in [-0.4, -0.2) is 11.9 Å². The molecule has 1 aromatic rings. The van der Waals surface area contributed by atoms with Crippen LogP contribution in [0.15, 0.2) is 24.3 Å². The molecule has 0 heterocycles. The van der Waals surface area contributed by atoms with Crippen LogP contribution in [0.2, 0.25) is 0 Å². The van der Waals surface area contributed by atoms with E-state index in [1.54, 1.807) is 24.3 Å². The van der Waals surface area contributed by atoms with Crippen molar-refractivity contribution in [2.24, 2.45) is 5.92 Å². The van der Waals surface area contributed by atoms with E-state index in [2.05, 4.69) is 12.2 Å². The molecule has 1 aliphatic carbocycles. The van der Waals surface area contributed by atoms with Gasteiger partial charge in [-0.3, -0.25) is 4.79 Å². The largest absolute Gasteiger partial charge is 0.399 e. The summed E-state index contributed by atoms with van der Waals surface area (Å²) in [6.07, 6.45) is 6.11. The third kappa shape index (κ3) is 3.25. The van der Waals surface area contributed by atoms with Gasteiger partial charge < -0.3 is 11.1 Å². The molecule has 1 fully saturated rings. The lowest BCUT2D eigenvalue weighted by molar-refractivity contribution is 0.0921. The number of benzene rings is 1. The molecule has 0 bridgehead atoms. The number of rotatable bonds is 2. The van der Waals surface area contributed by atoms with Crippen LogP contribution in [0.3, 0.4) is 0 Å². The van der Waals surface area contributed by atoms with Crippen molar-refractivity contribution in [3.63, 3.8) is 0 Å². The minimum atomic E-state index is 0.0220. The number of carbonyl (C=O) groups is 1. The van der Waals surface area contributed by atoms with Gasteiger partial charge in [-0.2, -0.15) is 0 Å². The minimum Gasteiger partial charge on any atom is -0.399 e.